The van der Waals surface area contributed by atoms with Crippen molar-refractivity contribution in [2.24, 2.45) is 11.8 Å². The highest BCUT2D eigenvalue weighted by molar-refractivity contribution is 6.19. The highest BCUT2D eigenvalue weighted by Gasteiger charge is 2.81. The van der Waals surface area contributed by atoms with E-state index in [9.17, 15) is 19.8 Å². The number of benzene rings is 1. The van der Waals surface area contributed by atoms with Gasteiger partial charge in [-0.15, -0.1) is 0 Å². The van der Waals surface area contributed by atoms with Crippen molar-refractivity contribution in [3.05, 3.63) is 69.4 Å². The fourth-order valence-corrected chi connectivity index (χ4v) is 10.1. The Hall–Kier alpha value is -4.03. The third kappa shape index (κ3) is 7.20. The summed E-state index contributed by atoms with van der Waals surface area (Å²) in [4.78, 5) is 47.7. The van der Waals surface area contributed by atoms with Gasteiger partial charge in [-0.3, -0.25) is 14.5 Å². The molecule has 1 spiro atoms. The molecule has 58 heavy (non-hydrogen) atoms. The number of phenolic OH excluding ortho intramolecular Hbond substituents is 1. The number of rotatable bonds is 14. The minimum absolute atomic E-state index is 0.00314. The van der Waals surface area contributed by atoms with E-state index in [2.05, 4.69) is 35.8 Å². The second kappa shape index (κ2) is 15.9. The number of carbonyl (C=O) groups excluding carboxylic acids is 3. The average Bonchev–Trinajstić information content (AvgIpc) is 3.32. The van der Waals surface area contributed by atoms with Crippen LogP contribution in [0.2, 0.25) is 0 Å². The first-order valence-corrected chi connectivity index (χ1v) is 21.1. The van der Waals surface area contributed by atoms with E-state index in [0.29, 0.717) is 60.3 Å². The molecule has 3 fully saturated rings. The molecule has 0 radical (unpaired) electrons. The van der Waals surface area contributed by atoms with Crippen molar-refractivity contribution in [2.75, 3.05) is 52.5 Å². The zero-order chi connectivity index (χ0) is 41.8. The molecule has 2 saturated heterocycles. The SMILES string of the molecule is CC(C)=CCC[C@]1(C)C=Cc2c(O)c3c(c(CC=C(C)C)c2O1)O[C@]12C(=C[C@@H]4C[C@H]1C(C)(C)O[C@@]2(C/C=C(/C)C(=O)OCCCN1CCN(CCO)CC1)C4=O)C3=O. The number of phenols is 1. The smallest absolute Gasteiger partial charge is 0.333 e. The number of piperazine rings is 1. The van der Waals surface area contributed by atoms with Crippen LogP contribution in [0.25, 0.3) is 6.08 Å². The summed E-state index contributed by atoms with van der Waals surface area (Å²) in [6.07, 6.45) is 14.5. The van der Waals surface area contributed by atoms with Crippen LogP contribution in [-0.4, -0.2) is 112 Å². The van der Waals surface area contributed by atoms with Gasteiger partial charge >= 0.3 is 5.97 Å². The molecule has 314 valence electrons. The number of ketones is 2. The number of ether oxygens (including phenoxy) is 4. The summed E-state index contributed by atoms with van der Waals surface area (Å²) >= 11 is 0. The minimum atomic E-state index is -1.61. The Bertz CT molecular complexity index is 2010. The van der Waals surface area contributed by atoms with Crippen molar-refractivity contribution in [1.29, 1.82) is 0 Å². The van der Waals surface area contributed by atoms with Gasteiger partial charge in [-0.2, -0.15) is 0 Å². The number of hydrogen-bond donors (Lipinski definition) is 2. The number of nitrogens with zero attached hydrogens (tertiary/aromatic N) is 2. The van der Waals surface area contributed by atoms with Crippen molar-refractivity contribution >= 4 is 23.6 Å². The molecular formula is C47H62N2O9. The first kappa shape index (κ1) is 42.1. The van der Waals surface area contributed by atoms with Crippen LogP contribution in [-0.2, 0) is 25.5 Å². The zero-order valence-corrected chi connectivity index (χ0v) is 35.7. The van der Waals surface area contributed by atoms with Crippen LogP contribution in [0.3, 0.4) is 0 Å². The van der Waals surface area contributed by atoms with Crippen LogP contribution in [0.15, 0.2) is 52.7 Å². The third-order valence-corrected chi connectivity index (χ3v) is 13.2. The maximum atomic E-state index is 15.0. The second-order valence-electron chi connectivity index (χ2n) is 18.4. The van der Waals surface area contributed by atoms with E-state index in [0.717, 1.165) is 44.7 Å². The number of β-amino-alcohol motifs (C(OH)–C–C–N with tert-alkyl or cyclic N) is 1. The van der Waals surface area contributed by atoms with Crippen molar-refractivity contribution in [3.8, 4) is 17.2 Å². The molecular weight excluding hydrogens is 737 g/mol. The van der Waals surface area contributed by atoms with Gasteiger partial charge in [-0.25, -0.2) is 4.79 Å². The molecule has 4 bridgehead atoms. The van der Waals surface area contributed by atoms with E-state index < -0.39 is 34.3 Å². The maximum Gasteiger partial charge on any atom is 0.333 e. The number of hydrogen-bond acceptors (Lipinski definition) is 11. The van der Waals surface area contributed by atoms with E-state index in [1.54, 1.807) is 19.1 Å². The molecule has 2 N–H and O–H groups in total. The van der Waals surface area contributed by atoms with Gasteiger partial charge in [0, 0.05) is 74.2 Å². The van der Waals surface area contributed by atoms with Gasteiger partial charge in [-0.05, 0) is 99.6 Å². The monoisotopic (exact) mass is 798 g/mol. The predicted octanol–water partition coefficient (Wildman–Crippen LogP) is 6.70. The molecule has 0 aromatic heterocycles. The molecule has 1 aromatic carbocycles. The molecule has 11 nitrogen and oxygen atoms in total. The predicted molar refractivity (Wildman–Crippen MR) is 222 cm³/mol. The number of allylic oxidation sites excluding steroid dienone is 5. The molecule has 0 unspecified atom stereocenters. The number of aromatic hydroxyl groups is 1. The lowest BCUT2D eigenvalue weighted by Gasteiger charge is -2.56. The van der Waals surface area contributed by atoms with Crippen LogP contribution in [0.5, 0.6) is 17.2 Å². The highest BCUT2D eigenvalue weighted by atomic mass is 16.6. The molecule has 4 aliphatic heterocycles. The Morgan fingerprint density at radius 3 is 2.31 bits per heavy atom. The number of Topliss-reactive ketones (excluding diaryl/α,β-unsaturated/α-hetero) is 2. The van der Waals surface area contributed by atoms with Gasteiger partial charge in [0.15, 0.2) is 22.8 Å². The van der Waals surface area contributed by atoms with E-state index in [-0.39, 0.29) is 54.2 Å². The van der Waals surface area contributed by atoms with Gasteiger partial charge in [0.25, 0.3) is 0 Å². The topological polar surface area (TPSA) is 135 Å². The third-order valence-electron chi connectivity index (χ3n) is 13.2. The van der Waals surface area contributed by atoms with E-state index in [1.807, 2.05) is 46.8 Å². The van der Waals surface area contributed by atoms with E-state index in [4.69, 9.17) is 18.9 Å². The van der Waals surface area contributed by atoms with E-state index >= 15 is 4.79 Å². The van der Waals surface area contributed by atoms with Crippen molar-refractivity contribution < 1.29 is 43.5 Å². The quantitative estimate of drug-likeness (QED) is 0.0902. The number of esters is 1. The summed E-state index contributed by atoms with van der Waals surface area (Å²) < 4.78 is 26.8. The van der Waals surface area contributed by atoms with Gasteiger partial charge in [0.1, 0.15) is 28.4 Å². The Morgan fingerprint density at radius 1 is 0.948 bits per heavy atom. The summed E-state index contributed by atoms with van der Waals surface area (Å²) in [6, 6.07) is 0. The lowest BCUT2D eigenvalue weighted by Crippen LogP contribution is -2.72. The zero-order valence-electron chi connectivity index (χ0n) is 35.7. The highest BCUT2D eigenvalue weighted by Crippen LogP contribution is 2.68. The molecule has 3 aliphatic carbocycles. The fourth-order valence-electron chi connectivity index (χ4n) is 10.1. The van der Waals surface area contributed by atoms with Gasteiger partial charge in [-0.1, -0.05) is 35.5 Å². The molecule has 1 saturated carbocycles. The summed E-state index contributed by atoms with van der Waals surface area (Å²) in [6.45, 7) is 21.3. The Labute approximate surface area is 343 Å². The largest absolute Gasteiger partial charge is 0.506 e. The van der Waals surface area contributed by atoms with Gasteiger partial charge < -0.3 is 34.1 Å². The number of fused-ring (bicyclic) bond motifs is 2. The molecule has 4 heterocycles. The minimum Gasteiger partial charge on any atom is -0.506 e. The molecule has 5 atom stereocenters. The normalized spacial score (nSPS) is 29.5. The lowest BCUT2D eigenvalue weighted by atomic mass is 9.51. The first-order valence-electron chi connectivity index (χ1n) is 21.1. The standard InChI is InChI=1S/C47H62N2O9/c1-29(2)11-9-16-45(8)17-15-33-38(51)37-39(52)35-27-32-28-36-44(6,7)58-46(42(32)53,47(35,36)57-41(37)34(40(33)56-45)13-12-30(3)4)18-14-31(5)43(54)55-26-10-19-48-20-22-49(23-21-48)24-25-50/h11-12,14-15,17,27,32,36,50-51H,9-10,13,16,18-26,28H2,1-8H3/b31-14-/t32-,36+,45-,46+,47-/m1/s1. The summed E-state index contributed by atoms with van der Waals surface area (Å²) in [5.41, 5.74) is -0.564. The molecule has 8 rings (SSSR count). The number of carbonyl (C=O) groups is 3. The van der Waals surface area contributed by atoms with Crippen LogP contribution in [0.1, 0.15) is 109 Å². The lowest BCUT2D eigenvalue weighted by molar-refractivity contribution is -0.171. The Morgan fingerprint density at radius 2 is 1.64 bits per heavy atom. The molecule has 1 aromatic rings. The summed E-state index contributed by atoms with van der Waals surface area (Å²) in [5.74, 6) is -1.51. The van der Waals surface area contributed by atoms with Crippen molar-refractivity contribution in [1.82, 2.24) is 9.80 Å². The Kier molecular flexibility index (Phi) is 11.5. The van der Waals surface area contributed by atoms with E-state index in [1.165, 1.54) is 5.57 Å². The summed E-state index contributed by atoms with van der Waals surface area (Å²) in [7, 11) is 0. The van der Waals surface area contributed by atoms with Crippen molar-refractivity contribution in [3.63, 3.8) is 0 Å². The fraction of sp³-hybridized carbons (Fsp3) is 0.596. The maximum absolute atomic E-state index is 15.0. The first-order chi connectivity index (χ1) is 27.5. The van der Waals surface area contributed by atoms with Crippen molar-refractivity contribution in [2.45, 2.75) is 116 Å². The van der Waals surface area contributed by atoms with Gasteiger partial charge in [0.05, 0.1) is 24.4 Å². The summed E-state index contributed by atoms with van der Waals surface area (Å²) in [5, 5.41) is 21.2. The van der Waals surface area contributed by atoms with Crippen LogP contribution < -0.4 is 9.47 Å². The number of aliphatic hydroxyl groups excluding tert-OH is 1. The molecule has 11 heteroatoms. The second-order valence-corrected chi connectivity index (χ2v) is 18.4. The Balaban J connectivity index is 1.21. The van der Waals surface area contributed by atoms with Crippen LogP contribution in [0.4, 0.5) is 0 Å². The van der Waals surface area contributed by atoms with Crippen LogP contribution >= 0.6 is 0 Å². The van der Waals surface area contributed by atoms with Crippen LogP contribution in [0, 0.1) is 11.8 Å². The average molecular weight is 799 g/mol. The molecule has 0 amide bonds. The van der Waals surface area contributed by atoms with Gasteiger partial charge in [0.2, 0.25) is 0 Å². The number of aliphatic hydroxyl groups is 1. The molecule has 7 aliphatic rings.